The Morgan fingerprint density at radius 2 is 1.89 bits per heavy atom. The number of rotatable bonds is 5. The summed E-state index contributed by atoms with van der Waals surface area (Å²) in [5.74, 6) is 0.648. The van der Waals surface area contributed by atoms with Crippen molar-refractivity contribution in [2.45, 2.75) is 39.7 Å². The van der Waals surface area contributed by atoms with Crippen molar-refractivity contribution in [3.63, 3.8) is 0 Å². The van der Waals surface area contributed by atoms with E-state index < -0.39 is 0 Å². The predicted octanol–water partition coefficient (Wildman–Crippen LogP) is 4.77. The normalized spacial score (nSPS) is 12.6. The van der Waals surface area contributed by atoms with Gasteiger partial charge in [-0.3, -0.25) is 4.79 Å². The number of hydrogen-bond donors (Lipinski definition) is 1. The maximum absolute atomic E-state index is 12.1. The van der Waals surface area contributed by atoms with Crippen LogP contribution in [0.25, 0.3) is 0 Å². The van der Waals surface area contributed by atoms with Gasteiger partial charge in [-0.1, -0.05) is 29.8 Å². The molecular weight excluding hydrogens is 358 g/mol. The van der Waals surface area contributed by atoms with E-state index in [9.17, 15) is 4.79 Å². The summed E-state index contributed by atoms with van der Waals surface area (Å²) in [5, 5.41) is 3.03. The summed E-state index contributed by atoms with van der Waals surface area (Å²) >= 11 is 6.78. The second kappa shape index (κ2) is 7.29. The minimum absolute atomic E-state index is 0.0226. The molecule has 4 heteroatoms. The fourth-order valence-corrected chi connectivity index (χ4v) is 2.86. The standard InChI is InChI=1S/C14H19Br2NO/c1-9(2)4-5-10(3)17-14(18)12-7-6-11(15)8-13(12)16/h6-10H,4-5H2,1-3H3,(H,17,18). The molecule has 0 aromatic heterocycles. The lowest BCUT2D eigenvalue weighted by molar-refractivity contribution is 0.0936. The Morgan fingerprint density at radius 3 is 2.44 bits per heavy atom. The third-order valence-corrected chi connectivity index (χ3v) is 3.88. The molecular formula is C14H19Br2NO. The second-order valence-electron chi connectivity index (χ2n) is 4.97. The zero-order valence-electron chi connectivity index (χ0n) is 11.0. The Kier molecular flexibility index (Phi) is 6.36. The topological polar surface area (TPSA) is 29.1 Å². The lowest BCUT2D eigenvalue weighted by Gasteiger charge is -2.15. The van der Waals surface area contributed by atoms with Gasteiger partial charge in [0.2, 0.25) is 0 Å². The van der Waals surface area contributed by atoms with E-state index >= 15 is 0 Å². The number of carbonyl (C=O) groups excluding carboxylic acids is 1. The SMILES string of the molecule is CC(C)CCC(C)NC(=O)c1ccc(Br)cc1Br. The van der Waals surface area contributed by atoms with Crippen LogP contribution in [0.5, 0.6) is 0 Å². The Balaban J connectivity index is 2.59. The molecule has 1 rings (SSSR count). The van der Waals surface area contributed by atoms with Crippen molar-refractivity contribution in [1.29, 1.82) is 0 Å². The predicted molar refractivity (Wildman–Crippen MR) is 82.8 cm³/mol. The molecule has 0 bridgehead atoms. The summed E-state index contributed by atoms with van der Waals surface area (Å²) < 4.78 is 1.77. The first-order chi connectivity index (χ1) is 8.40. The molecule has 1 unspecified atom stereocenters. The van der Waals surface area contributed by atoms with E-state index in [1.54, 1.807) is 0 Å². The number of amides is 1. The number of halogens is 2. The molecule has 1 aromatic rings. The maximum atomic E-state index is 12.1. The van der Waals surface area contributed by atoms with Crippen LogP contribution in [0.15, 0.2) is 27.1 Å². The lowest BCUT2D eigenvalue weighted by Crippen LogP contribution is -2.32. The molecule has 1 N–H and O–H groups in total. The molecule has 0 saturated heterocycles. The van der Waals surface area contributed by atoms with Crippen LogP contribution < -0.4 is 5.32 Å². The fourth-order valence-electron chi connectivity index (χ4n) is 1.63. The molecule has 0 radical (unpaired) electrons. The smallest absolute Gasteiger partial charge is 0.252 e. The van der Waals surface area contributed by atoms with Crippen LogP contribution in [0.4, 0.5) is 0 Å². The van der Waals surface area contributed by atoms with Crippen molar-refractivity contribution < 1.29 is 4.79 Å². The van der Waals surface area contributed by atoms with Crippen molar-refractivity contribution in [2.75, 3.05) is 0 Å². The van der Waals surface area contributed by atoms with Crippen LogP contribution in [0.2, 0.25) is 0 Å². The van der Waals surface area contributed by atoms with Crippen molar-refractivity contribution in [1.82, 2.24) is 5.32 Å². The average molecular weight is 377 g/mol. The van der Waals surface area contributed by atoms with E-state index in [0.29, 0.717) is 11.5 Å². The first-order valence-electron chi connectivity index (χ1n) is 6.16. The van der Waals surface area contributed by atoms with Gasteiger partial charge in [-0.25, -0.2) is 0 Å². The van der Waals surface area contributed by atoms with Gasteiger partial charge in [0, 0.05) is 15.0 Å². The fraction of sp³-hybridized carbons (Fsp3) is 0.500. The summed E-state index contributed by atoms with van der Waals surface area (Å²) in [6.07, 6.45) is 2.14. The van der Waals surface area contributed by atoms with Crippen LogP contribution in [-0.4, -0.2) is 11.9 Å². The van der Waals surface area contributed by atoms with Gasteiger partial charge < -0.3 is 5.32 Å². The zero-order valence-corrected chi connectivity index (χ0v) is 14.1. The molecule has 2 nitrogen and oxygen atoms in total. The lowest BCUT2D eigenvalue weighted by atomic mass is 10.0. The van der Waals surface area contributed by atoms with Gasteiger partial charge in [-0.15, -0.1) is 0 Å². The van der Waals surface area contributed by atoms with Gasteiger partial charge in [-0.2, -0.15) is 0 Å². The Bertz CT molecular complexity index is 418. The molecule has 0 heterocycles. The van der Waals surface area contributed by atoms with Crippen LogP contribution in [0.1, 0.15) is 44.0 Å². The van der Waals surface area contributed by atoms with Gasteiger partial charge in [-0.05, 0) is 59.8 Å². The first kappa shape index (κ1) is 15.7. The molecule has 0 aliphatic rings. The van der Waals surface area contributed by atoms with Crippen LogP contribution in [-0.2, 0) is 0 Å². The highest BCUT2D eigenvalue weighted by Crippen LogP contribution is 2.22. The molecule has 0 aliphatic carbocycles. The van der Waals surface area contributed by atoms with Gasteiger partial charge in [0.25, 0.3) is 5.91 Å². The molecule has 0 fully saturated rings. The number of carbonyl (C=O) groups is 1. The number of nitrogens with one attached hydrogen (secondary N) is 1. The first-order valence-corrected chi connectivity index (χ1v) is 7.74. The van der Waals surface area contributed by atoms with E-state index in [1.165, 1.54) is 0 Å². The third-order valence-electron chi connectivity index (χ3n) is 2.73. The minimum atomic E-state index is -0.0226. The highest BCUT2D eigenvalue weighted by molar-refractivity contribution is 9.11. The Morgan fingerprint density at radius 1 is 1.22 bits per heavy atom. The minimum Gasteiger partial charge on any atom is -0.350 e. The van der Waals surface area contributed by atoms with Gasteiger partial charge >= 0.3 is 0 Å². The summed E-state index contributed by atoms with van der Waals surface area (Å²) in [4.78, 5) is 12.1. The Labute approximate surface area is 126 Å². The quantitative estimate of drug-likeness (QED) is 0.788. The highest BCUT2D eigenvalue weighted by Gasteiger charge is 2.13. The largest absolute Gasteiger partial charge is 0.350 e. The summed E-state index contributed by atoms with van der Waals surface area (Å²) in [6.45, 7) is 6.44. The van der Waals surface area contributed by atoms with Crippen molar-refractivity contribution in [3.8, 4) is 0 Å². The van der Waals surface area contributed by atoms with Gasteiger partial charge in [0.05, 0.1) is 5.56 Å². The zero-order chi connectivity index (χ0) is 13.7. The summed E-state index contributed by atoms with van der Waals surface area (Å²) in [7, 11) is 0. The molecule has 0 aliphatic heterocycles. The summed E-state index contributed by atoms with van der Waals surface area (Å²) in [6, 6.07) is 5.78. The molecule has 1 amide bonds. The van der Waals surface area contributed by atoms with Crippen LogP contribution >= 0.6 is 31.9 Å². The molecule has 100 valence electrons. The van der Waals surface area contributed by atoms with Crippen LogP contribution in [0, 0.1) is 5.92 Å². The third kappa shape index (κ3) is 5.11. The number of hydrogen-bond acceptors (Lipinski definition) is 1. The van der Waals surface area contributed by atoms with Gasteiger partial charge in [0.1, 0.15) is 0 Å². The monoisotopic (exact) mass is 375 g/mol. The maximum Gasteiger partial charge on any atom is 0.252 e. The van der Waals surface area contributed by atoms with E-state index in [1.807, 2.05) is 25.1 Å². The van der Waals surface area contributed by atoms with Crippen molar-refractivity contribution in [2.24, 2.45) is 5.92 Å². The molecule has 1 aromatic carbocycles. The van der Waals surface area contributed by atoms with Crippen molar-refractivity contribution in [3.05, 3.63) is 32.7 Å². The van der Waals surface area contributed by atoms with E-state index in [-0.39, 0.29) is 11.9 Å². The summed E-state index contributed by atoms with van der Waals surface area (Å²) in [5.41, 5.74) is 0.676. The average Bonchev–Trinajstić information content (AvgIpc) is 2.26. The van der Waals surface area contributed by atoms with Gasteiger partial charge in [0.15, 0.2) is 0 Å². The van der Waals surface area contributed by atoms with Crippen LogP contribution in [0.3, 0.4) is 0 Å². The molecule has 18 heavy (non-hydrogen) atoms. The molecule has 0 saturated carbocycles. The molecule has 1 atom stereocenters. The highest BCUT2D eigenvalue weighted by atomic mass is 79.9. The molecule has 0 spiro atoms. The van der Waals surface area contributed by atoms with Crippen molar-refractivity contribution >= 4 is 37.8 Å². The van der Waals surface area contributed by atoms with E-state index in [4.69, 9.17) is 0 Å². The van der Waals surface area contributed by atoms with E-state index in [2.05, 4.69) is 51.0 Å². The number of benzene rings is 1. The second-order valence-corrected chi connectivity index (χ2v) is 6.74. The van der Waals surface area contributed by atoms with E-state index in [0.717, 1.165) is 21.8 Å². The Hall–Kier alpha value is -0.350.